The highest BCUT2D eigenvalue weighted by atomic mass is 32.2. The van der Waals surface area contributed by atoms with E-state index in [0.29, 0.717) is 13.1 Å². The zero-order valence-electron chi connectivity index (χ0n) is 10.8. The van der Waals surface area contributed by atoms with Gasteiger partial charge >= 0.3 is 0 Å². The molecule has 0 aliphatic heterocycles. The lowest BCUT2D eigenvalue weighted by atomic mass is 10.2. The van der Waals surface area contributed by atoms with Crippen LogP contribution in [0, 0.1) is 11.3 Å². The van der Waals surface area contributed by atoms with Crippen molar-refractivity contribution < 1.29 is 8.42 Å². The molecule has 1 aromatic rings. The number of nitriles is 1. The summed E-state index contributed by atoms with van der Waals surface area (Å²) in [5.41, 5.74) is 0.203. The molecular formula is C13H18N2O2S. The Morgan fingerprint density at radius 3 is 2.22 bits per heavy atom. The first-order valence-corrected chi connectivity index (χ1v) is 7.51. The molecule has 0 saturated carbocycles. The van der Waals surface area contributed by atoms with Gasteiger partial charge in [0.25, 0.3) is 0 Å². The van der Waals surface area contributed by atoms with Gasteiger partial charge in [-0.25, -0.2) is 8.42 Å². The van der Waals surface area contributed by atoms with Crippen molar-refractivity contribution in [1.82, 2.24) is 4.31 Å². The number of sulfonamides is 1. The Morgan fingerprint density at radius 2 is 1.72 bits per heavy atom. The van der Waals surface area contributed by atoms with Crippen LogP contribution in [0.15, 0.2) is 29.2 Å². The van der Waals surface area contributed by atoms with Crippen LogP contribution < -0.4 is 0 Å². The van der Waals surface area contributed by atoms with Gasteiger partial charge in [0, 0.05) is 13.1 Å². The third kappa shape index (κ3) is 3.09. The highest BCUT2D eigenvalue weighted by molar-refractivity contribution is 7.89. The van der Waals surface area contributed by atoms with Crippen LogP contribution in [0.1, 0.15) is 32.3 Å². The van der Waals surface area contributed by atoms with Crippen LogP contribution in [0.5, 0.6) is 0 Å². The topological polar surface area (TPSA) is 61.2 Å². The molecule has 0 aliphatic rings. The van der Waals surface area contributed by atoms with E-state index in [0.717, 1.165) is 12.8 Å². The van der Waals surface area contributed by atoms with E-state index in [1.165, 1.54) is 16.4 Å². The quantitative estimate of drug-likeness (QED) is 0.794. The molecule has 0 aliphatic carbocycles. The lowest BCUT2D eigenvalue weighted by Gasteiger charge is -2.21. The van der Waals surface area contributed by atoms with E-state index in [9.17, 15) is 8.42 Å². The zero-order chi connectivity index (χ0) is 13.6. The van der Waals surface area contributed by atoms with Gasteiger partial charge in [0.05, 0.1) is 10.5 Å². The predicted molar refractivity (Wildman–Crippen MR) is 70.5 cm³/mol. The Bertz CT molecular complexity index is 526. The fraction of sp³-hybridized carbons (Fsp3) is 0.462. The highest BCUT2D eigenvalue weighted by Crippen LogP contribution is 2.20. The van der Waals surface area contributed by atoms with Crippen LogP contribution in [-0.2, 0) is 10.0 Å². The summed E-state index contributed by atoms with van der Waals surface area (Å²) in [5, 5.41) is 8.99. The summed E-state index contributed by atoms with van der Waals surface area (Å²) in [5.74, 6) is 0. The van der Waals surface area contributed by atoms with Gasteiger partial charge in [0.2, 0.25) is 10.0 Å². The summed E-state index contributed by atoms with van der Waals surface area (Å²) >= 11 is 0. The third-order valence-electron chi connectivity index (χ3n) is 2.57. The molecule has 0 aromatic heterocycles. The van der Waals surface area contributed by atoms with E-state index in [1.807, 2.05) is 19.9 Å². The Kier molecular flexibility index (Phi) is 5.32. The lowest BCUT2D eigenvalue weighted by Crippen LogP contribution is -2.33. The van der Waals surface area contributed by atoms with Crippen LogP contribution >= 0.6 is 0 Å². The average Bonchev–Trinajstić information content (AvgIpc) is 2.38. The number of benzene rings is 1. The highest BCUT2D eigenvalue weighted by Gasteiger charge is 2.25. The van der Waals surface area contributed by atoms with Crippen molar-refractivity contribution in [2.75, 3.05) is 13.1 Å². The van der Waals surface area contributed by atoms with Gasteiger partial charge < -0.3 is 0 Å². The van der Waals surface area contributed by atoms with E-state index in [4.69, 9.17) is 5.26 Å². The molecule has 0 fully saturated rings. The minimum absolute atomic E-state index is 0.106. The van der Waals surface area contributed by atoms with Crippen LogP contribution in [-0.4, -0.2) is 25.8 Å². The number of hydrogen-bond donors (Lipinski definition) is 0. The Balaban J connectivity index is 3.23. The summed E-state index contributed by atoms with van der Waals surface area (Å²) in [6.07, 6.45) is 1.52. The molecule has 0 saturated heterocycles. The Labute approximate surface area is 109 Å². The second-order valence-electron chi connectivity index (χ2n) is 4.01. The van der Waals surface area contributed by atoms with E-state index in [-0.39, 0.29) is 10.5 Å². The van der Waals surface area contributed by atoms with Crippen molar-refractivity contribution in [3.05, 3.63) is 29.8 Å². The zero-order valence-corrected chi connectivity index (χ0v) is 11.6. The Hall–Kier alpha value is -1.38. The van der Waals surface area contributed by atoms with Gasteiger partial charge in [-0.05, 0) is 25.0 Å². The smallest absolute Gasteiger partial charge is 0.207 e. The summed E-state index contributed by atoms with van der Waals surface area (Å²) in [7, 11) is -3.56. The van der Waals surface area contributed by atoms with Crippen molar-refractivity contribution in [3.8, 4) is 6.07 Å². The summed E-state index contributed by atoms with van der Waals surface area (Å²) < 4.78 is 26.4. The molecule has 0 unspecified atom stereocenters. The largest absolute Gasteiger partial charge is 0.244 e. The molecule has 0 N–H and O–H groups in total. The van der Waals surface area contributed by atoms with Crippen molar-refractivity contribution >= 4 is 10.0 Å². The molecule has 0 amide bonds. The standard InChI is InChI=1S/C13H18N2O2S/c1-3-9-15(10-4-2)18(16,17)13-8-6-5-7-12(13)11-14/h5-8H,3-4,9-10H2,1-2H3. The first kappa shape index (κ1) is 14.7. The SMILES string of the molecule is CCCN(CCC)S(=O)(=O)c1ccccc1C#N. The van der Waals surface area contributed by atoms with Gasteiger partial charge in [-0.3, -0.25) is 0 Å². The monoisotopic (exact) mass is 266 g/mol. The summed E-state index contributed by atoms with van der Waals surface area (Å²) in [4.78, 5) is 0.106. The van der Waals surface area contributed by atoms with Crippen LogP contribution in [0.2, 0.25) is 0 Å². The molecule has 0 spiro atoms. The summed E-state index contributed by atoms with van der Waals surface area (Å²) in [6.45, 7) is 4.84. The minimum atomic E-state index is -3.56. The van der Waals surface area contributed by atoms with Gasteiger partial charge in [-0.1, -0.05) is 26.0 Å². The third-order valence-corrected chi connectivity index (χ3v) is 4.53. The van der Waals surface area contributed by atoms with Gasteiger partial charge in [-0.15, -0.1) is 0 Å². The van der Waals surface area contributed by atoms with Crippen molar-refractivity contribution in [3.63, 3.8) is 0 Å². The van der Waals surface area contributed by atoms with Gasteiger partial charge in [0.15, 0.2) is 0 Å². The maximum Gasteiger partial charge on any atom is 0.244 e. The lowest BCUT2D eigenvalue weighted by molar-refractivity contribution is 0.410. The van der Waals surface area contributed by atoms with E-state index >= 15 is 0 Å². The fourth-order valence-electron chi connectivity index (χ4n) is 1.77. The first-order valence-electron chi connectivity index (χ1n) is 6.07. The second-order valence-corrected chi connectivity index (χ2v) is 5.92. The maximum absolute atomic E-state index is 12.5. The molecule has 1 rings (SSSR count). The van der Waals surface area contributed by atoms with Crippen LogP contribution in [0.3, 0.4) is 0 Å². The maximum atomic E-state index is 12.5. The molecule has 0 atom stereocenters. The second kappa shape index (κ2) is 6.53. The fourth-order valence-corrected chi connectivity index (χ4v) is 3.54. The molecule has 0 heterocycles. The van der Waals surface area contributed by atoms with Crippen LogP contribution in [0.4, 0.5) is 0 Å². The number of hydrogen-bond acceptors (Lipinski definition) is 3. The number of nitrogens with zero attached hydrogens (tertiary/aromatic N) is 2. The molecular weight excluding hydrogens is 248 g/mol. The van der Waals surface area contributed by atoms with Gasteiger partial charge in [-0.2, -0.15) is 9.57 Å². The number of rotatable bonds is 6. The summed E-state index contributed by atoms with van der Waals surface area (Å²) in [6, 6.07) is 8.27. The van der Waals surface area contributed by atoms with Crippen molar-refractivity contribution in [1.29, 1.82) is 5.26 Å². The molecule has 0 bridgehead atoms. The average molecular weight is 266 g/mol. The molecule has 18 heavy (non-hydrogen) atoms. The Morgan fingerprint density at radius 1 is 1.17 bits per heavy atom. The normalized spacial score (nSPS) is 11.4. The molecule has 4 nitrogen and oxygen atoms in total. The first-order chi connectivity index (χ1) is 8.57. The molecule has 0 radical (unpaired) electrons. The predicted octanol–water partition coefficient (Wildman–Crippen LogP) is 2.37. The molecule has 5 heteroatoms. The molecule has 98 valence electrons. The van der Waals surface area contributed by atoms with Crippen LogP contribution in [0.25, 0.3) is 0 Å². The van der Waals surface area contributed by atoms with E-state index < -0.39 is 10.0 Å². The van der Waals surface area contributed by atoms with Crippen molar-refractivity contribution in [2.24, 2.45) is 0 Å². The van der Waals surface area contributed by atoms with Crippen molar-refractivity contribution in [2.45, 2.75) is 31.6 Å². The minimum Gasteiger partial charge on any atom is -0.207 e. The molecule has 1 aromatic carbocycles. The van der Waals surface area contributed by atoms with Gasteiger partial charge in [0.1, 0.15) is 6.07 Å². The van der Waals surface area contributed by atoms with E-state index in [1.54, 1.807) is 12.1 Å². The van der Waals surface area contributed by atoms with E-state index in [2.05, 4.69) is 0 Å².